The molecular weight excluding hydrogens is 264 g/mol. The van der Waals surface area contributed by atoms with Crippen LogP contribution in [0.1, 0.15) is 19.4 Å². The molecule has 0 aromatic heterocycles. The number of hydrogen-bond acceptors (Lipinski definition) is 2. The van der Waals surface area contributed by atoms with Crippen molar-refractivity contribution in [2.24, 2.45) is 0 Å². The molecule has 1 fully saturated rings. The molecule has 2 rings (SSSR count). The molecule has 0 unspecified atom stereocenters. The Hall–Kier alpha value is -0.380. The third kappa shape index (κ3) is 2.84. The largest absolute Gasteiger partial charge is 0.314 e. The molecule has 1 aliphatic rings. The van der Waals surface area contributed by atoms with E-state index in [4.69, 9.17) is 0 Å². The van der Waals surface area contributed by atoms with Crippen molar-refractivity contribution in [3.63, 3.8) is 0 Å². The Kier molecular flexibility index (Phi) is 3.67. The Morgan fingerprint density at radius 1 is 1.31 bits per heavy atom. The maximum atomic E-state index is 3.47. The van der Waals surface area contributed by atoms with Crippen LogP contribution in [-0.4, -0.2) is 30.1 Å². The summed E-state index contributed by atoms with van der Waals surface area (Å²) in [4.78, 5) is 2.55. The average Bonchev–Trinajstić information content (AvgIpc) is 2.24. The second-order valence-corrected chi connectivity index (χ2v) is 5.95. The lowest BCUT2D eigenvalue weighted by Gasteiger charge is -2.42. The molecule has 1 N–H and O–H groups in total. The highest BCUT2D eigenvalue weighted by Crippen LogP contribution is 2.20. The predicted octanol–water partition coefficient (Wildman–Crippen LogP) is 2.63. The summed E-state index contributed by atoms with van der Waals surface area (Å²) in [6.07, 6.45) is 0. The average molecular weight is 283 g/mol. The highest BCUT2D eigenvalue weighted by Gasteiger charge is 2.29. The first-order chi connectivity index (χ1) is 7.58. The molecule has 0 aliphatic carbocycles. The molecule has 3 heteroatoms. The van der Waals surface area contributed by atoms with Gasteiger partial charge in [-0.15, -0.1) is 0 Å². The van der Waals surface area contributed by atoms with Crippen LogP contribution in [0.25, 0.3) is 0 Å². The summed E-state index contributed by atoms with van der Waals surface area (Å²) in [6.45, 7) is 8.95. The van der Waals surface area contributed by atoms with Crippen molar-refractivity contribution in [1.29, 1.82) is 0 Å². The molecule has 0 atom stereocenters. The molecule has 1 aromatic rings. The first kappa shape index (κ1) is 12.1. The molecule has 1 aromatic carbocycles. The van der Waals surface area contributed by atoms with E-state index in [0.29, 0.717) is 0 Å². The fraction of sp³-hybridized carbons (Fsp3) is 0.538. The van der Waals surface area contributed by atoms with Crippen LogP contribution >= 0.6 is 15.9 Å². The molecule has 0 bridgehead atoms. The zero-order valence-electron chi connectivity index (χ0n) is 9.96. The maximum absolute atomic E-state index is 3.47. The molecule has 1 aliphatic heterocycles. The van der Waals surface area contributed by atoms with Crippen LogP contribution in [0.4, 0.5) is 0 Å². The molecule has 0 saturated carbocycles. The Labute approximate surface area is 106 Å². The smallest absolute Gasteiger partial charge is 0.0281 e. The van der Waals surface area contributed by atoms with Crippen LogP contribution < -0.4 is 5.32 Å². The highest BCUT2D eigenvalue weighted by atomic mass is 79.9. The lowest BCUT2D eigenvalue weighted by atomic mass is 9.99. The van der Waals surface area contributed by atoms with Gasteiger partial charge in [-0.05, 0) is 31.5 Å². The zero-order chi connectivity index (χ0) is 11.6. The van der Waals surface area contributed by atoms with E-state index in [-0.39, 0.29) is 5.54 Å². The fourth-order valence-corrected chi connectivity index (χ4v) is 2.39. The molecule has 16 heavy (non-hydrogen) atoms. The molecule has 0 spiro atoms. The first-order valence-corrected chi connectivity index (χ1v) is 6.57. The second kappa shape index (κ2) is 4.86. The minimum absolute atomic E-state index is 0.255. The molecule has 1 heterocycles. The van der Waals surface area contributed by atoms with Crippen LogP contribution in [0.3, 0.4) is 0 Å². The Balaban J connectivity index is 2.05. The number of nitrogens with one attached hydrogen (secondary N) is 1. The normalized spacial score (nSPS) is 20.9. The summed E-state index contributed by atoms with van der Waals surface area (Å²) in [5, 5.41) is 3.45. The summed E-state index contributed by atoms with van der Waals surface area (Å²) in [6, 6.07) is 8.62. The van der Waals surface area contributed by atoms with Crippen molar-refractivity contribution in [2.45, 2.75) is 25.9 Å². The predicted molar refractivity (Wildman–Crippen MR) is 71.5 cm³/mol. The van der Waals surface area contributed by atoms with Gasteiger partial charge in [0.05, 0.1) is 0 Å². The summed E-state index contributed by atoms with van der Waals surface area (Å²) in [5.74, 6) is 0. The van der Waals surface area contributed by atoms with E-state index in [9.17, 15) is 0 Å². The minimum Gasteiger partial charge on any atom is -0.314 e. The van der Waals surface area contributed by atoms with Gasteiger partial charge in [-0.1, -0.05) is 28.1 Å². The lowest BCUT2D eigenvalue weighted by molar-refractivity contribution is 0.0827. The zero-order valence-corrected chi connectivity index (χ0v) is 11.5. The van der Waals surface area contributed by atoms with Gasteiger partial charge in [0.1, 0.15) is 0 Å². The van der Waals surface area contributed by atoms with E-state index in [1.165, 1.54) is 5.56 Å². The Bertz CT molecular complexity index is 345. The topological polar surface area (TPSA) is 15.3 Å². The van der Waals surface area contributed by atoms with Gasteiger partial charge in [0.15, 0.2) is 0 Å². The van der Waals surface area contributed by atoms with E-state index in [1.54, 1.807) is 0 Å². The van der Waals surface area contributed by atoms with Gasteiger partial charge < -0.3 is 5.32 Å². The number of benzene rings is 1. The first-order valence-electron chi connectivity index (χ1n) is 5.78. The van der Waals surface area contributed by atoms with Crippen molar-refractivity contribution in [3.8, 4) is 0 Å². The monoisotopic (exact) mass is 282 g/mol. The van der Waals surface area contributed by atoms with Gasteiger partial charge in [0, 0.05) is 36.2 Å². The molecular formula is C13H19BrN2. The van der Waals surface area contributed by atoms with Crippen molar-refractivity contribution in [3.05, 3.63) is 34.3 Å². The van der Waals surface area contributed by atoms with Crippen molar-refractivity contribution < 1.29 is 0 Å². The highest BCUT2D eigenvalue weighted by molar-refractivity contribution is 9.10. The van der Waals surface area contributed by atoms with Gasteiger partial charge in [0.25, 0.3) is 0 Å². The maximum Gasteiger partial charge on any atom is 0.0281 e. The summed E-state index contributed by atoms with van der Waals surface area (Å²) < 4.78 is 1.15. The number of hydrogen-bond donors (Lipinski definition) is 1. The summed E-state index contributed by atoms with van der Waals surface area (Å²) in [5.41, 5.74) is 1.64. The lowest BCUT2D eigenvalue weighted by Crippen LogP contribution is -2.57. The number of halogens is 1. The standard InChI is InChI=1S/C13H19BrN2/c1-13(2)10-15-7-8-16(13)9-11-3-5-12(14)6-4-11/h3-6,15H,7-10H2,1-2H3. The fourth-order valence-electron chi connectivity index (χ4n) is 2.13. The van der Waals surface area contributed by atoms with E-state index >= 15 is 0 Å². The number of nitrogens with zero attached hydrogens (tertiary/aromatic N) is 1. The van der Waals surface area contributed by atoms with Crippen LogP contribution in [0.2, 0.25) is 0 Å². The SMILES string of the molecule is CC1(C)CNCCN1Cc1ccc(Br)cc1. The van der Waals surface area contributed by atoms with Crippen LogP contribution in [0, 0.1) is 0 Å². The molecule has 2 nitrogen and oxygen atoms in total. The summed E-state index contributed by atoms with van der Waals surface area (Å²) >= 11 is 3.47. The molecule has 88 valence electrons. The third-order valence-corrected chi connectivity index (χ3v) is 3.79. The minimum atomic E-state index is 0.255. The van der Waals surface area contributed by atoms with Gasteiger partial charge in [0.2, 0.25) is 0 Å². The summed E-state index contributed by atoms with van der Waals surface area (Å²) in [7, 11) is 0. The molecule has 1 saturated heterocycles. The Morgan fingerprint density at radius 2 is 2.00 bits per heavy atom. The van der Waals surface area contributed by atoms with E-state index in [2.05, 4.69) is 64.3 Å². The van der Waals surface area contributed by atoms with E-state index < -0.39 is 0 Å². The van der Waals surface area contributed by atoms with Gasteiger partial charge >= 0.3 is 0 Å². The van der Waals surface area contributed by atoms with Gasteiger partial charge in [-0.2, -0.15) is 0 Å². The second-order valence-electron chi connectivity index (χ2n) is 5.04. The van der Waals surface area contributed by atoms with E-state index in [1.807, 2.05) is 0 Å². The van der Waals surface area contributed by atoms with E-state index in [0.717, 1.165) is 30.7 Å². The quantitative estimate of drug-likeness (QED) is 0.897. The van der Waals surface area contributed by atoms with Crippen LogP contribution in [0.15, 0.2) is 28.7 Å². The van der Waals surface area contributed by atoms with Crippen LogP contribution in [0.5, 0.6) is 0 Å². The third-order valence-electron chi connectivity index (χ3n) is 3.26. The molecule has 0 radical (unpaired) electrons. The van der Waals surface area contributed by atoms with Crippen molar-refractivity contribution >= 4 is 15.9 Å². The van der Waals surface area contributed by atoms with Crippen LogP contribution in [-0.2, 0) is 6.54 Å². The van der Waals surface area contributed by atoms with Gasteiger partial charge in [-0.3, -0.25) is 4.90 Å². The number of piperazine rings is 1. The van der Waals surface area contributed by atoms with Crippen molar-refractivity contribution in [2.75, 3.05) is 19.6 Å². The number of rotatable bonds is 2. The molecule has 0 amide bonds. The van der Waals surface area contributed by atoms with Crippen molar-refractivity contribution in [1.82, 2.24) is 10.2 Å². The Morgan fingerprint density at radius 3 is 2.62 bits per heavy atom. The van der Waals surface area contributed by atoms with Gasteiger partial charge in [-0.25, -0.2) is 0 Å².